The summed E-state index contributed by atoms with van der Waals surface area (Å²) in [6.45, 7) is 3.82. The maximum atomic E-state index is 10.8. The van der Waals surface area contributed by atoms with Crippen molar-refractivity contribution in [2.45, 2.75) is 20.3 Å². The molecule has 5 heteroatoms. The molecule has 0 amide bonds. The molecule has 3 aromatic carbocycles. The minimum atomic E-state index is 0.122. The van der Waals surface area contributed by atoms with E-state index >= 15 is 0 Å². The number of aromatic nitrogens is 3. The minimum Gasteiger partial charge on any atom is -0.507 e. The Bertz CT molecular complexity index is 1080. The lowest BCUT2D eigenvalue weighted by Crippen LogP contribution is -2.02. The predicted octanol–water partition coefficient (Wildman–Crippen LogP) is 4.04. The highest BCUT2D eigenvalue weighted by Crippen LogP contribution is 2.32. The van der Waals surface area contributed by atoms with Gasteiger partial charge in [-0.3, -0.25) is 0 Å². The van der Waals surface area contributed by atoms with Crippen LogP contribution in [0, 0.1) is 13.8 Å². The Morgan fingerprint density at radius 3 is 2.19 bits per heavy atom. The topological polar surface area (TPSA) is 71.2 Å². The quantitative estimate of drug-likeness (QED) is 0.588. The average Bonchev–Trinajstić information content (AvgIpc) is 3.05. The van der Waals surface area contributed by atoms with Crippen molar-refractivity contribution in [1.29, 1.82) is 0 Å². The molecule has 0 aliphatic heterocycles. The second-order valence-electron chi connectivity index (χ2n) is 6.53. The van der Waals surface area contributed by atoms with E-state index in [1.807, 2.05) is 68.4 Å². The zero-order valence-corrected chi connectivity index (χ0v) is 14.6. The van der Waals surface area contributed by atoms with Crippen LogP contribution in [0.5, 0.6) is 11.5 Å². The van der Waals surface area contributed by atoms with Crippen molar-refractivity contribution in [1.82, 2.24) is 15.0 Å². The average molecular weight is 345 g/mol. The Balaban J connectivity index is 1.81. The molecule has 1 aromatic heterocycles. The molecule has 0 fully saturated rings. The van der Waals surface area contributed by atoms with E-state index in [0.717, 1.165) is 33.3 Å². The Labute approximate surface area is 151 Å². The van der Waals surface area contributed by atoms with Crippen LogP contribution in [0.3, 0.4) is 0 Å². The number of para-hydroxylation sites is 1. The molecule has 0 bridgehead atoms. The van der Waals surface area contributed by atoms with Crippen LogP contribution in [0.15, 0.2) is 54.6 Å². The first-order valence-electron chi connectivity index (χ1n) is 8.45. The molecule has 0 radical (unpaired) electrons. The smallest absolute Gasteiger partial charge is 0.146 e. The van der Waals surface area contributed by atoms with Gasteiger partial charge in [0.15, 0.2) is 0 Å². The highest BCUT2D eigenvalue weighted by atomic mass is 16.3. The predicted molar refractivity (Wildman–Crippen MR) is 101 cm³/mol. The largest absolute Gasteiger partial charge is 0.507 e. The summed E-state index contributed by atoms with van der Waals surface area (Å²) >= 11 is 0. The standard InChI is InChI=1S/C21H19N3O2/c1-13-10-16(12-15-7-5-6-14(2)20(15)25)21(26)19(11-13)24-22-17-8-3-4-9-18(17)23-24/h3-11,25-26H,12H2,1-2H3. The third-order valence-electron chi connectivity index (χ3n) is 4.52. The summed E-state index contributed by atoms with van der Waals surface area (Å²) < 4.78 is 0. The van der Waals surface area contributed by atoms with Gasteiger partial charge < -0.3 is 10.2 Å². The van der Waals surface area contributed by atoms with Crippen molar-refractivity contribution in [3.05, 3.63) is 76.9 Å². The van der Waals surface area contributed by atoms with Gasteiger partial charge in [0, 0.05) is 12.0 Å². The maximum absolute atomic E-state index is 10.8. The number of nitrogens with zero attached hydrogens (tertiary/aromatic N) is 3. The third-order valence-corrected chi connectivity index (χ3v) is 4.52. The second kappa shape index (κ2) is 6.19. The summed E-state index contributed by atoms with van der Waals surface area (Å²) in [5.41, 5.74) is 5.37. The number of phenolic OH excluding ortho intramolecular Hbond substituents is 2. The number of aryl methyl sites for hydroxylation is 2. The molecular formula is C21H19N3O2. The molecule has 130 valence electrons. The van der Waals surface area contributed by atoms with E-state index in [1.165, 1.54) is 4.80 Å². The molecular weight excluding hydrogens is 326 g/mol. The molecule has 2 N–H and O–H groups in total. The van der Waals surface area contributed by atoms with E-state index in [-0.39, 0.29) is 11.5 Å². The van der Waals surface area contributed by atoms with Crippen LogP contribution < -0.4 is 0 Å². The number of aromatic hydroxyl groups is 2. The number of rotatable bonds is 3. The lowest BCUT2D eigenvalue weighted by atomic mass is 9.99. The van der Waals surface area contributed by atoms with Crippen molar-refractivity contribution in [3.63, 3.8) is 0 Å². The molecule has 1 heterocycles. The summed E-state index contributed by atoms with van der Waals surface area (Å²) in [7, 11) is 0. The molecule has 0 saturated heterocycles. The summed E-state index contributed by atoms with van der Waals surface area (Å²) in [5, 5.41) is 30.0. The van der Waals surface area contributed by atoms with Crippen LogP contribution in [0.25, 0.3) is 16.7 Å². The van der Waals surface area contributed by atoms with Gasteiger partial charge in [-0.15, -0.1) is 15.0 Å². The van der Waals surface area contributed by atoms with Gasteiger partial charge >= 0.3 is 0 Å². The molecule has 4 aromatic rings. The molecule has 0 unspecified atom stereocenters. The van der Waals surface area contributed by atoms with Crippen molar-refractivity contribution in [2.24, 2.45) is 0 Å². The summed E-state index contributed by atoms with van der Waals surface area (Å²) in [6.07, 6.45) is 0.425. The van der Waals surface area contributed by atoms with E-state index in [2.05, 4.69) is 10.2 Å². The number of phenols is 2. The normalized spacial score (nSPS) is 11.2. The fourth-order valence-corrected chi connectivity index (χ4v) is 3.16. The summed E-state index contributed by atoms with van der Waals surface area (Å²) in [6, 6.07) is 17.0. The molecule has 0 spiro atoms. The fraction of sp³-hybridized carbons (Fsp3) is 0.143. The van der Waals surface area contributed by atoms with Crippen LogP contribution in [0.1, 0.15) is 22.3 Å². The van der Waals surface area contributed by atoms with Crippen LogP contribution in [0.2, 0.25) is 0 Å². The molecule has 5 nitrogen and oxygen atoms in total. The van der Waals surface area contributed by atoms with Gasteiger partial charge in [0.1, 0.15) is 28.2 Å². The maximum Gasteiger partial charge on any atom is 0.146 e. The highest BCUT2D eigenvalue weighted by molar-refractivity contribution is 5.73. The van der Waals surface area contributed by atoms with Gasteiger partial charge in [-0.25, -0.2) is 0 Å². The molecule has 0 atom stereocenters. The van der Waals surface area contributed by atoms with Gasteiger partial charge in [0.2, 0.25) is 0 Å². The van der Waals surface area contributed by atoms with Crippen molar-refractivity contribution in [2.75, 3.05) is 0 Å². The third kappa shape index (κ3) is 2.77. The first-order chi connectivity index (χ1) is 12.5. The first-order valence-corrected chi connectivity index (χ1v) is 8.45. The Kier molecular flexibility index (Phi) is 3.84. The summed E-state index contributed by atoms with van der Waals surface area (Å²) in [5.74, 6) is 0.384. The van der Waals surface area contributed by atoms with Crippen molar-refractivity contribution in [3.8, 4) is 17.2 Å². The molecule has 4 rings (SSSR count). The van der Waals surface area contributed by atoms with E-state index in [0.29, 0.717) is 12.1 Å². The first kappa shape index (κ1) is 16.1. The monoisotopic (exact) mass is 345 g/mol. The van der Waals surface area contributed by atoms with E-state index in [9.17, 15) is 10.2 Å². The fourth-order valence-electron chi connectivity index (χ4n) is 3.16. The molecule has 0 aliphatic carbocycles. The minimum absolute atomic E-state index is 0.122. The molecule has 26 heavy (non-hydrogen) atoms. The number of hydrogen-bond acceptors (Lipinski definition) is 4. The van der Waals surface area contributed by atoms with Gasteiger partial charge in [-0.2, -0.15) is 0 Å². The zero-order valence-electron chi connectivity index (χ0n) is 14.6. The van der Waals surface area contributed by atoms with E-state index in [4.69, 9.17) is 0 Å². The SMILES string of the molecule is Cc1cc(Cc2cccc(C)c2O)c(O)c(-n2nc3ccccc3n2)c1. The zero-order chi connectivity index (χ0) is 18.3. The Hall–Kier alpha value is -3.34. The molecule has 0 aliphatic rings. The van der Waals surface area contributed by atoms with Crippen molar-refractivity contribution < 1.29 is 10.2 Å². The Morgan fingerprint density at radius 2 is 1.50 bits per heavy atom. The number of hydrogen-bond donors (Lipinski definition) is 2. The van der Waals surface area contributed by atoms with Crippen LogP contribution >= 0.6 is 0 Å². The summed E-state index contributed by atoms with van der Waals surface area (Å²) in [4.78, 5) is 1.46. The van der Waals surface area contributed by atoms with Crippen LogP contribution in [0.4, 0.5) is 0 Å². The van der Waals surface area contributed by atoms with Gasteiger partial charge in [0.05, 0.1) is 0 Å². The number of fused-ring (bicyclic) bond motifs is 1. The van der Waals surface area contributed by atoms with E-state index < -0.39 is 0 Å². The second-order valence-corrected chi connectivity index (χ2v) is 6.53. The highest BCUT2D eigenvalue weighted by Gasteiger charge is 2.15. The number of benzene rings is 3. The van der Waals surface area contributed by atoms with Crippen LogP contribution in [-0.2, 0) is 6.42 Å². The molecule has 0 saturated carbocycles. The van der Waals surface area contributed by atoms with Gasteiger partial charge in [-0.1, -0.05) is 36.4 Å². The lowest BCUT2D eigenvalue weighted by molar-refractivity contribution is 0.456. The lowest BCUT2D eigenvalue weighted by Gasteiger charge is -2.12. The van der Waals surface area contributed by atoms with E-state index in [1.54, 1.807) is 0 Å². The van der Waals surface area contributed by atoms with Gasteiger partial charge in [0.25, 0.3) is 0 Å². The van der Waals surface area contributed by atoms with Crippen LogP contribution in [-0.4, -0.2) is 25.2 Å². The van der Waals surface area contributed by atoms with Crippen molar-refractivity contribution >= 4 is 11.0 Å². The Morgan fingerprint density at radius 1 is 0.808 bits per heavy atom. The van der Waals surface area contributed by atoms with Gasteiger partial charge in [-0.05, 0) is 48.7 Å².